The maximum atomic E-state index is 11.9. The number of carbonyl (C=O) groups excluding carboxylic acids is 1. The standard InChI is InChI=1S/C19H26N4O4/c1-3-11-20-19(21-14-15-5-7-17(8-6-15)23(25)26)22-12-9-16(10-13-22)18(24)27-4-2/h3,5-8,16H,1,4,9-14H2,2H3,(H,20,21). The number of ether oxygens (including phenoxy) is 1. The molecule has 8 heteroatoms. The fraction of sp³-hybridized carbons (Fsp3) is 0.474. The molecule has 1 aliphatic heterocycles. The molecule has 1 heterocycles. The van der Waals surface area contributed by atoms with Crippen molar-refractivity contribution in [2.45, 2.75) is 26.3 Å². The zero-order valence-corrected chi connectivity index (χ0v) is 15.6. The van der Waals surface area contributed by atoms with E-state index < -0.39 is 4.92 Å². The number of nitrogens with one attached hydrogen (secondary N) is 1. The predicted molar refractivity (Wildman–Crippen MR) is 103 cm³/mol. The van der Waals surface area contributed by atoms with Gasteiger partial charge in [0, 0.05) is 31.8 Å². The first-order valence-corrected chi connectivity index (χ1v) is 9.09. The molecule has 8 nitrogen and oxygen atoms in total. The number of hydrogen-bond acceptors (Lipinski definition) is 5. The Morgan fingerprint density at radius 1 is 1.41 bits per heavy atom. The van der Waals surface area contributed by atoms with Crippen molar-refractivity contribution >= 4 is 17.6 Å². The van der Waals surface area contributed by atoms with E-state index in [0.717, 1.165) is 24.4 Å². The number of esters is 1. The predicted octanol–water partition coefficient (Wildman–Crippen LogP) is 2.50. The van der Waals surface area contributed by atoms with Crippen molar-refractivity contribution in [3.8, 4) is 0 Å². The maximum Gasteiger partial charge on any atom is 0.309 e. The highest BCUT2D eigenvalue weighted by molar-refractivity contribution is 5.80. The molecule has 1 aromatic carbocycles. The number of nitrogens with zero attached hydrogens (tertiary/aromatic N) is 3. The Morgan fingerprint density at radius 3 is 2.63 bits per heavy atom. The lowest BCUT2D eigenvalue weighted by atomic mass is 9.97. The van der Waals surface area contributed by atoms with Crippen LogP contribution in [0.4, 0.5) is 5.69 Å². The van der Waals surface area contributed by atoms with Gasteiger partial charge >= 0.3 is 5.97 Å². The Bertz CT molecular complexity index is 679. The molecular weight excluding hydrogens is 348 g/mol. The lowest BCUT2D eigenvalue weighted by Crippen LogP contribution is -2.46. The van der Waals surface area contributed by atoms with Gasteiger partial charge in [0.15, 0.2) is 5.96 Å². The number of aliphatic imine (C=N–C) groups is 1. The van der Waals surface area contributed by atoms with E-state index in [0.29, 0.717) is 32.8 Å². The SMILES string of the molecule is C=CCNC(=NCc1ccc([N+](=O)[O-])cc1)N1CCC(C(=O)OCC)CC1. The van der Waals surface area contributed by atoms with Crippen molar-refractivity contribution in [3.63, 3.8) is 0 Å². The van der Waals surface area contributed by atoms with Gasteiger partial charge in [-0.3, -0.25) is 14.9 Å². The fourth-order valence-corrected chi connectivity index (χ4v) is 2.91. The van der Waals surface area contributed by atoms with Gasteiger partial charge in [-0.25, -0.2) is 4.99 Å². The smallest absolute Gasteiger partial charge is 0.309 e. The monoisotopic (exact) mass is 374 g/mol. The average molecular weight is 374 g/mol. The van der Waals surface area contributed by atoms with Crippen molar-refractivity contribution in [2.75, 3.05) is 26.2 Å². The summed E-state index contributed by atoms with van der Waals surface area (Å²) in [5.74, 6) is 0.563. The summed E-state index contributed by atoms with van der Waals surface area (Å²) in [4.78, 5) is 29.0. The molecule has 1 N–H and O–H groups in total. The number of hydrogen-bond donors (Lipinski definition) is 1. The molecule has 0 aliphatic carbocycles. The van der Waals surface area contributed by atoms with E-state index in [9.17, 15) is 14.9 Å². The van der Waals surface area contributed by atoms with Crippen LogP contribution in [0.5, 0.6) is 0 Å². The van der Waals surface area contributed by atoms with E-state index >= 15 is 0 Å². The summed E-state index contributed by atoms with van der Waals surface area (Å²) in [6, 6.07) is 6.37. The van der Waals surface area contributed by atoms with Crippen LogP contribution in [0.15, 0.2) is 41.9 Å². The number of nitro benzene ring substituents is 1. The van der Waals surface area contributed by atoms with Gasteiger partial charge in [0.1, 0.15) is 0 Å². The average Bonchev–Trinajstić information content (AvgIpc) is 2.69. The van der Waals surface area contributed by atoms with Gasteiger partial charge in [-0.15, -0.1) is 6.58 Å². The van der Waals surface area contributed by atoms with Crippen LogP contribution in [0.2, 0.25) is 0 Å². The quantitative estimate of drug-likeness (QED) is 0.197. The van der Waals surface area contributed by atoms with Crippen LogP contribution in [0.25, 0.3) is 0 Å². The first-order chi connectivity index (χ1) is 13.0. The number of non-ortho nitro benzene ring substituents is 1. The number of guanidine groups is 1. The van der Waals surface area contributed by atoms with Crippen LogP contribution in [0.1, 0.15) is 25.3 Å². The topological polar surface area (TPSA) is 97.1 Å². The Labute approximate surface area is 159 Å². The van der Waals surface area contributed by atoms with Gasteiger partial charge in [0.2, 0.25) is 0 Å². The van der Waals surface area contributed by atoms with E-state index in [4.69, 9.17) is 4.74 Å². The zero-order valence-electron chi connectivity index (χ0n) is 15.6. The highest BCUT2D eigenvalue weighted by Gasteiger charge is 2.27. The van der Waals surface area contributed by atoms with E-state index in [1.807, 2.05) is 6.92 Å². The third-order valence-corrected chi connectivity index (χ3v) is 4.38. The second-order valence-corrected chi connectivity index (χ2v) is 6.25. The Hall–Kier alpha value is -2.90. The normalized spacial score (nSPS) is 15.3. The Morgan fingerprint density at radius 2 is 2.07 bits per heavy atom. The molecule has 0 radical (unpaired) electrons. The van der Waals surface area contributed by atoms with Crippen molar-refractivity contribution < 1.29 is 14.5 Å². The molecule has 0 bridgehead atoms. The minimum atomic E-state index is -0.419. The van der Waals surface area contributed by atoms with Crippen LogP contribution in [0, 0.1) is 16.0 Å². The van der Waals surface area contributed by atoms with Gasteiger partial charge in [0.05, 0.1) is 24.0 Å². The van der Waals surface area contributed by atoms with Crippen LogP contribution in [-0.2, 0) is 16.1 Å². The van der Waals surface area contributed by atoms with E-state index in [2.05, 4.69) is 21.8 Å². The number of benzene rings is 1. The second-order valence-electron chi connectivity index (χ2n) is 6.25. The number of rotatable bonds is 7. The van der Waals surface area contributed by atoms with Crippen molar-refractivity contribution in [1.82, 2.24) is 10.2 Å². The van der Waals surface area contributed by atoms with Gasteiger partial charge < -0.3 is 15.0 Å². The molecule has 146 valence electrons. The number of piperidine rings is 1. The highest BCUT2D eigenvalue weighted by atomic mass is 16.6. The van der Waals surface area contributed by atoms with Crippen LogP contribution < -0.4 is 5.32 Å². The minimum Gasteiger partial charge on any atom is -0.466 e. The van der Waals surface area contributed by atoms with Gasteiger partial charge in [-0.2, -0.15) is 0 Å². The lowest BCUT2D eigenvalue weighted by Gasteiger charge is -2.33. The zero-order chi connectivity index (χ0) is 19.6. The van der Waals surface area contributed by atoms with Crippen molar-refractivity contribution in [1.29, 1.82) is 0 Å². The second kappa shape index (κ2) is 10.3. The van der Waals surface area contributed by atoms with Crippen LogP contribution >= 0.6 is 0 Å². The molecule has 1 saturated heterocycles. The van der Waals surface area contributed by atoms with Gasteiger partial charge in [0.25, 0.3) is 5.69 Å². The Balaban J connectivity index is 2.00. The molecule has 0 saturated carbocycles. The molecule has 1 aliphatic rings. The summed E-state index contributed by atoms with van der Waals surface area (Å²) >= 11 is 0. The lowest BCUT2D eigenvalue weighted by molar-refractivity contribution is -0.384. The van der Waals surface area contributed by atoms with Gasteiger partial charge in [-0.1, -0.05) is 18.2 Å². The summed E-state index contributed by atoms with van der Waals surface area (Å²) in [6.07, 6.45) is 3.21. The first-order valence-electron chi connectivity index (χ1n) is 9.09. The summed E-state index contributed by atoms with van der Waals surface area (Å²) in [7, 11) is 0. The molecule has 27 heavy (non-hydrogen) atoms. The molecular formula is C19H26N4O4. The summed E-state index contributed by atoms with van der Waals surface area (Å²) in [6.45, 7) is 8.36. The molecule has 0 spiro atoms. The highest BCUT2D eigenvalue weighted by Crippen LogP contribution is 2.19. The van der Waals surface area contributed by atoms with Crippen molar-refractivity contribution in [3.05, 3.63) is 52.6 Å². The number of likely N-dealkylation sites (tertiary alicyclic amines) is 1. The minimum absolute atomic E-state index is 0.0588. The summed E-state index contributed by atoms with van der Waals surface area (Å²) < 4.78 is 5.11. The van der Waals surface area contributed by atoms with Crippen LogP contribution in [-0.4, -0.2) is 48.0 Å². The fourth-order valence-electron chi connectivity index (χ4n) is 2.91. The van der Waals surface area contributed by atoms with E-state index in [1.54, 1.807) is 18.2 Å². The summed E-state index contributed by atoms with van der Waals surface area (Å²) in [5.41, 5.74) is 0.952. The van der Waals surface area contributed by atoms with E-state index in [1.165, 1.54) is 12.1 Å². The third-order valence-electron chi connectivity index (χ3n) is 4.38. The van der Waals surface area contributed by atoms with Crippen LogP contribution in [0.3, 0.4) is 0 Å². The number of carbonyl (C=O) groups is 1. The molecule has 0 atom stereocenters. The third kappa shape index (κ3) is 6.09. The molecule has 2 rings (SSSR count). The maximum absolute atomic E-state index is 11.9. The summed E-state index contributed by atoms with van der Waals surface area (Å²) in [5, 5.41) is 14.0. The molecule has 0 amide bonds. The molecule has 1 aromatic rings. The molecule has 0 unspecified atom stereocenters. The largest absolute Gasteiger partial charge is 0.466 e. The molecule has 0 aromatic heterocycles. The van der Waals surface area contributed by atoms with Crippen molar-refractivity contribution in [2.24, 2.45) is 10.9 Å². The van der Waals surface area contributed by atoms with E-state index in [-0.39, 0.29) is 17.6 Å². The van der Waals surface area contributed by atoms with Gasteiger partial charge in [-0.05, 0) is 25.3 Å². The molecule has 1 fully saturated rings. The first kappa shape index (κ1) is 20.4. The number of nitro groups is 1. The Kier molecular flexibility index (Phi) is 7.79.